The van der Waals surface area contributed by atoms with Crippen LogP contribution in [0, 0.1) is 0 Å². The van der Waals surface area contributed by atoms with Crippen LogP contribution in [0.25, 0.3) is 10.9 Å². The number of carbonyl (C=O) groups is 1. The van der Waals surface area contributed by atoms with E-state index >= 15 is 0 Å². The van der Waals surface area contributed by atoms with Crippen LogP contribution in [0.1, 0.15) is 27.9 Å². The summed E-state index contributed by atoms with van der Waals surface area (Å²) in [5.41, 5.74) is 6.22. The average Bonchev–Trinajstić information content (AvgIpc) is 3.42. The van der Waals surface area contributed by atoms with Crippen LogP contribution < -0.4 is 24.7 Å². The predicted molar refractivity (Wildman–Crippen MR) is 156 cm³/mol. The maximum atomic E-state index is 13.9. The van der Waals surface area contributed by atoms with Gasteiger partial charge in [-0.25, -0.2) is 12.4 Å². The molecule has 0 unspecified atom stereocenters. The van der Waals surface area contributed by atoms with Gasteiger partial charge in [0.05, 0.1) is 57.6 Å². The molecule has 42 heavy (non-hydrogen) atoms. The third-order valence-electron chi connectivity index (χ3n) is 7.17. The lowest BCUT2D eigenvalue weighted by atomic mass is 9.94. The van der Waals surface area contributed by atoms with Gasteiger partial charge in [-0.15, -0.1) is 0 Å². The van der Waals surface area contributed by atoms with Gasteiger partial charge >= 0.3 is 0 Å². The van der Waals surface area contributed by atoms with E-state index in [9.17, 15) is 23.4 Å². The number of aryl methyl sites for hydroxylation is 1. The molecular weight excluding hydrogens is 564 g/mol. The summed E-state index contributed by atoms with van der Waals surface area (Å²) in [5.74, 6) is 0.843. The molecule has 1 heterocycles. The zero-order valence-electron chi connectivity index (χ0n) is 23.8. The van der Waals surface area contributed by atoms with Gasteiger partial charge in [0.2, 0.25) is 5.75 Å². The van der Waals surface area contributed by atoms with Crippen molar-refractivity contribution in [3.8, 4) is 23.0 Å². The molecule has 0 spiro atoms. The number of fused-ring (bicyclic) bond motifs is 1. The Balaban J connectivity index is 1.79. The van der Waals surface area contributed by atoms with Crippen LogP contribution in [-0.4, -0.2) is 75.6 Å². The molecule has 0 radical (unpaired) electrons. The minimum atomic E-state index is -4.16. The molecule has 0 aliphatic heterocycles. The van der Waals surface area contributed by atoms with Crippen molar-refractivity contribution in [2.45, 2.75) is 23.3 Å². The van der Waals surface area contributed by atoms with Gasteiger partial charge in [-0.3, -0.25) is 4.79 Å². The van der Waals surface area contributed by atoms with Crippen molar-refractivity contribution in [1.29, 1.82) is 0 Å². The van der Waals surface area contributed by atoms with Gasteiger partial charge in [-0.1, -0.05) is 12.1 Å². The first kappa shape index (κ1) is 30.8. The second kappa shape index (κ2) is 12.4. The Hall–Kier alpha value is -4.10. The van der Waals surface area contributed by atoms with Crippen LogP contribution in [-0.2, 0) is 16.4 Å². The summed E-state index contributed by atoms with van der Waals surface area (Å²) < 4.78 is 50.3. The number of hydrogen-bond acceptors (Lipinski definition) is 10. The lowest BCUT2D eigenvalue weighted by Crippen LogP contribution is -2.47. The lowest BCUT2D eigenvalue weighted by Gasteiger charge is -2.24. The second-order valence-electron chi connectivity index (χ2n) is 9.79. The van der Waals surface area contributed by atoms with E-state index < -0.39 is 21.3 Å². The SMILES string of the molecule is COc1ccc2c(C(=O)c3cc(OC)c(OC)c(OC)c3)cn(S(=O)(=O)c3ccc(CCC(N)(CO)CO)cc3)c2c1. The van der Waals surface area contributed by atoms with Gasteiger partial charge in [0.25, 0.3) is 10.0 Å². The summed E-state index contributed by atoms with van der Waals surface area (Å²) in [7, 11) is 1.64. The predicted octanol–water partition coefficient (Wildman–Crippen LogP) is 2.76. The molecule has 3 aromatic carbocycles. The number of hydrogen-bond donors (Lipinski definition) is 3. The summed E-state index contributed by atoms with van der Waals surface area (Å²) in [6, 6.07) is 14.1. The van der Waals surface area contributed by atoms with Gasteiger partial charge in [0.15, 0.2) is 17.3 Å². The van der Waals surface area contributed by atoms with Crippen LogP contribution in [0.2, 0.25) is 0 Å². The zero-order valence-corrected chi connectivity index (χ0v) is 24.6. The number of aliphatic hydroxyl groups is 2. The fourth-order valence-electron chi connectivity index (χ4n) is 4.60. The molecule has 0 atom stereocenters. The number of methoxy groups -OCH3 is 4. The summed E-state index contributed by atoms with van der Waals surface area (Å²) in [6.07, 6.45) is 2.03. The van der Waals surface area contributed by atoms with Crippen LogP contribution in [0.3, 0.4) is 0 Å². The molecule has 0 amide bonds. The highest BCUT2D eigenvalue weighted by Crippen LogP contribution is 2.39. The molecule has 1 aromatic heterocycles. The van der Waals surface area contributed by atoms with Gasteiger partial charge in [0, 0.05) is 28.8 Å². The molecule has 0 aliphatic rings. The molecule has 4 N–H and O–H groups in total. The number of aromatic nitrogens is 1. The molecule has 0 aliphatic carbocycles. The van der Waals surface area contributed by atoms with Crippen molar-refractivity contribution in [3.05, 3.63) is 77.5 Å². The molecule has 0 saturated carbocycles. The van der Waals surface area contributed by atoms with Crippen LogP contribution >= 0.6 is 0 Å². The molecule has 0 saturated heterocycles. The monoisotopic (exact) mass is 598 g/mol. The first-order valence-electron chi connectivity index (χ1n) is 12.9. The van der Waals surface area contributed by atoms with E-state index in [4.69, 9.17) is 24.7 Å². The maximum absolute atomic E-state index is 13.9. The molecule has 224 valence electrons. The normalized spacial score (nSPS) is 11.9. The number of nitrogens with two attached hydrogens (primary N) is 1. The minimum absolute atomic E-state index is 0.00100. The Bertz CT molecular complexity index is 1670. The van der Waals surface area contributed by atoms with Gasteiger partial charge < -0.3 is 34.9 Å². The zero-order chi connectivity index (χ0) is 30.7. The minimum Gasteiger partial charge on any atom is -0.497 e. The molecule has 4 aromatic rings. The highest BCUT2D eigenvalue weighted by atomic mass is 32.2. The average molecular weight is 599 g/mol. The number of nitrogens with zero attached hydrogens (tertiary/aromatic N) is 1. The number of ether oxygens (including phenoxy) is 4. The third kappa shape index (κ3) is 5.79. The van der Waals surface area contributed by atoms with Gasteiger partial charge in [0.1, 0.15) is 5.75 Å². The highest BCUT2D eigenvalue weighted by Gasteiger charge is 2.27. The molecule has 12 heteroatoms. The number of rotatable bonds is 13. The number of aliphatic hydroxyl groups excluding tert-OH is 2. The smallest absolute Gasteiger partial charge is 0.268 e. The lowest BCUT2D eigenvalue weighted by molar-refractivity contribution is 0.103. The largest absolute Gasteiger partial charge is 0.497 e. The second-order valence-corrected chi connectivity index (χ2v) is 11.6. The van der Waals surface area contributed by atoms with Crippen molar-refractivity contribution in [2.75, 3.05) is 41.7 Å². The first-order valence-corrected chi connectivity index (χ1v) is 14.4. The Morgan fingerprint density at radius 1 is 0.881 bits per heavy atom. The number of benzene rings is 3. The number of ketones is 1. The Labute approximate surface area is 244 Å². The fraction of sp³-hybridized carbons (Fsp3) is 0.300. The van der Waals surface area contributed by atoms with E-state index in [-0.39, 0.29) is 46.3 Å². The molecule has 11 nitrogen and oxygen atoms in total. The summed E-state index contributed by atoms with van der Waals surface area (Å²) in [5, 5.41) is 19.3. The summed E-state index contributed by atoms with van der Waals surface area (Å²) >= 11 is 0. The van der Waals surface area contributed by atoms with E-state index in [1.807, 2.05) is 0 Å². The highest BCUT2D eigenvalue weighted by molar-refractivity contribution is 7.90. The van der Waals surface area contributed by atoms with Gasteiger partial charge in [-0.05, 0) is 54.8 Å². The van der Waals surface area contributed by atoms with Crippen molar-refractivity contribution >= 4 is 26.7 Å². The molecule has 4 rings (SSSR count). The van der Waals surface area contributed by atoms with Crippen molar-refractivity contribution < 1.29 is 42.4 Å². The van der Waals surface area contributed by atoms with Crippen molar-refractivity contribution in [3.63, 3.8) is 0 Å². The van der Waals surface area contributed by atoms with Crippen molar-refractivity contribution in [1.82, 2.24) is 3.97 Å². The van der Waals surface area contributed by atoms with Crippen LogP contribution in [0.5, 0.6) is 23.0 Å². The van der Waals surface area contributed by atoms with E-state index in [1.165, 1.54) is 58.9 Å². The quantitative estimate of drug-likeness (QED) is 0.195. The third-order valence-corrected chi connectivity index (χ3v) is 8.86. The van der Waals surface area contributed by atoms with E-state index in [0.717, 1.165) is 9.54 Å². The Kier molecular flexibility index (Phi) is 9.12. The van der Waals surface area contributed by atoms with Crippen molar-refractivity contribution in [2.24, 2.45) is 5.73 Å². The van der Waals surface area contributed by atoms with E-state index in [1.54, 1.807) is 30.3 Å². The standard InChI is InChI=1S/C30H34N2O9S/c1-38-21-7-10-23-24(28(35)20-13-26(39-2)29(41-4)27(14-20)40-3)16-32(25(23)15-21)42(36,37)22-8-5-19(6-9-22)11-12-30(31,17-33)18-34/h5-10,13-16,33-34H,11-12,17-18,31H2,1-4H3. The summed E-state index contributed by atoms with van der Waals surface area (Å²) in [4.78, 5) is 13.8. The molecule has 0 bridgehead atoms. The van der Waals surface area contributed by atoms with E-state index in [0.29, 0.717) is 29.7 Å². The Morgan fingerprint density at radius 2 is 1.50 bits per heavy atom. The first-order chi connectivity index (χ1) is 20.0. The number of carbonyl (C=O) groups excluding carboxylic acids is 1. The van der Waals surface area contributed by atoms with E-state index in [2.05, 4.69) is 0 Å². The topological polar surface area (TPSA) is 160 Å². The van der Waals surface area contributed by atoms with Gasteiger partial charge in [-0.2, -0.15) is 0 Å². The Morgan fingerprint density at radius 3 is 2.02 bits per heavy atom. The summed E-state index contributed by atoms with van der Waals surface area (Å²) in [6.45, 7) is -0.755. The van der Waals surface area contributed by atoms with Crippen LogP contribution in [0.4, 0.5) is 0 Å². The fourth-order valence-corrected chi connectivity index (χ4v) is 5.96. The maximum Gasteiger partial charge on any atom is 0.268 e. The molecular formula is C30H34N2O9S. The molecule has 0 fully saturated rings. The van der Waals surface area contributed by atoms with Crippen LogP contribution in [0.15, 0.2) is 65.7 Å².